The molecule has 4 rings (SSSR count). The van der Waals surface area contributed by atoms with E-state index >= 15 is 0 Å². The van der Waals surface area contributed by atoms with Crippen LogP contribution in [0.15, 0.2) is 45.3 Å². The number of benzene rings is 1. The van der Waals surface area contributed by atoms with Gasteiger partial charge in [0, 0.05) is 24.2 Å². The molecule has 3 N–H and O–H groups in total. The number of carboxylic acids is 1. The summed E-state index contributed by atoms with van der Waals surface area (Å²) >= 11 is 0. The predicted octanol–water partition coefficient (Wildman–Crippen LogP) is 2.79. The predicted molar refractivity (Wildman–Crippen MR) is 108 cm³/mol. The molecule has 3 amide bonds. The number of nitrogens with one attached hydrogen (secondary N) is 2. The Balaban J connectivity index is 1.42. The highest BCUT2D eigenvalue weighted by atomic mass is 16.5. The zero-order valence-electron chi connectivity index (χ0n) is 16.7. The van der Waals surface area contributed by atoms with Crippen molar-refractivity contribution in [2.45, 2.75) is 26.4 Å². The van der Waals surface area contributed by atoms with Crippen LogP contribution in [0.2, 0.25) is 0 Å². The number of nitrogens with zero attached hydrogens (tertiary/aromatic N) is 2. The summed E-state index contributed by atoms with van der Waals surface area (Å²) < 4.78 is 10.7. The second-order valence-corrected chi connectivity index (χ2v) is 7.12. The maximum atomic E-state index is 12.7. The lowest BCUT2D eigenvalue weighted by molar-refractivity contribution is 0.0696. The van der Waals surface area contributed by atoms with Crippen molar-refractivity contribution in [3.8, 4) is 0 Å². The summed E-state index contributed by atoms with van der Waals surface area (Å²) in [5.41, 5.74) is 1.12. The van der Waals surface area contributed by atoms with Gasteiger partial charge in [-0.3, -0.25) is 4.79 Å². The van der Waals surface area contributed by atoms with E-state index in [1.54, 1.807) is 18.2 Å². The molecule has 10 nitrogen and oxygen atoms in total. The van der Waals surface area contributed by atoms with Gasteiger partial charge in [0.1, 0.15) is 17.3 Å². The summed E-state index contributed by atoms with van der Waals surface area (Å²) in [5, 5.41) is 18.4. The van der Waals surface area contributed by atoms with Gasteiger partial charge in [0.05, 0.1) is 18.7 Å². The molecule has 3 aromatic rings. The molecule has 3 heterocycles. The molecule has 1 aliphatic heterocycles. The van der Waals surface area contributed by atoms with Crippen LogP contribution in [-0.4, -0.2) is 39.6 Å². The fourth-order valence-corrected chi connectivity index (χ4v) is 3.32. The van der Waals surface area contributed by atoms with Gasteiger partial charge in [-0.05, 0) is 37.3 Å². The van der Waals surface area contributed by atoms with Crippen molar-refractivity contribution in [1.82, 2.24) is 15.4 Å². The highest BCUT2D eigenvalue weighted by Crippen LogP contribution is 2.23. The van der Waals surface area contributed by atoms with E-state index in [1.807, 2.05) is 13.0 Å². The van der Waals surface area contributed by atoms with E-state index in [-0.39, 0.29) is 24.3 Å². The number of hydrogen-bond donors (Lipinski definition) is 3. The molecular formula is C21H20N4O6. The molecule has 1 aromatic carbocycles. The van der Waals surface area contributed by atoms with Gasteiger partial charge in [0.25, 0.3) is 5.91 Å². The molecule has 0 atom stereocenters. The summed E-state index contributed by atoms with van der Waals surface area (Å²) in [6, 6.07) is 9.15. The van der Waals surface area contributed by atoms with Gasteiger partial charge < -0.3 is 29.6 Å². The molecular weight excluding hydrogens is 404 g/mol. The lowest BCUT2D eigenvalue weighted by Gasteiger charge is -2.26. The summed E-state index contributed by atoms with van der Waals surface area (Å²) in [4.78, 5) is 37.9. The van der Waals surface area contributed by atoms with Crippen LogP contribution in [0.25, 0.3) is 0 Å². The number of carbonyl (C=O) groups excluding carboxylic acids is 2. The average Bonchev–Trinajstić information content (AvgIpc) is 3.37. The van der Waals surface area contributed by atoms with E-state index in [2.05, 4.69) is 15.8 Å². The van der Waals surface area contributed by atoms with Crippen molar-refractivity contribution in [3.63, 3.8) is 0 Å². The number of urea groups is 1. The lowest BCUT2D eigenvalue weighted by Crippen LogP contribution is -2.39. The SMILES string of the molecule is Cc1ccc(CNC(=O)c2noc3c2CN(C(=O)Nc2cccc(C(=O)O)c2)CC3)o1. The van der Waals surface area contributed by atoms with Gasteiger partial charge in [-0.1, -0.05) is 11.2 Å². The second-order valence-electron chi connectivity index (χ2n) is 7.12. The fourth-order valence-electron chi connectivity index (χ4n) is 3.32. The Labute approximate surface area is 176 Å². The molecule has 0 fully saturated rings. The van der Waals surface area contributed by atoms with Crippen LogP contribution in [0.5, 0.6) is 0 Å². The molecule has 0 radical (unpaired) electrons. The van der Waals surface area contributed by atoms with E-state index in [0.717, 1.165) is 5.76 Å². The monoisotopic (exact) mass is 424 g/mol. The molecule has 10 heteroatoms. The van der Waals surface area contributed by atoms with Crippen LogP contribution in [0.3, 0.4) is 0 Å². The summed E-state index contributed by atoms with van der Waals surface area (Å²) in [6.07, 6.45) is 0.412. The minimum Gasteiger partial charge on any atom is -0.478 e. The Hall–Kier alpha value is -4.08. The minimum absolute atomic E-state index is 0.0727. The van der Waals surface area contributed by atoms with E-state index in [9.17, 15) is 14.4 Å². The number of amides is 3. The van der Waals surface area contributed by atoms with Crippen molar-refractivity contribution >= 4 is 23.6 Å². The van der Waals surface area contributed by atoms with Crippen molar-refractivity contribution in [2.24, 2.45) is 0 Å². The zero-order valence-corrected chi connectivity index (χ0v) is 16.7. The Kier molecular flexibility index (Phi) is 5.44. The first-order chi connectivity index (χ1) is 14.9. The van der Waals surface area contributed by atoms with Crippen molar-refractivity contribution in [1.29, 1.82) is 0 Å². The smallest absolute Gasteiger partial charge is 0.335 e. The molecule has 31 heavy (non-hydrogen) atoms. The summed E-state index contributed by atoms with van der Waals surface area (Å²) in [5.74, 6) is 0.432. The van der Waals surface area contributed by atoms with Crippen LogP contribution in [-0.2, 0) is 19.5 Å². The number of aromatic nitrogens is 1. The number of aromatic carboxylic acids is 1. The van der Waals surface area contributed by atoms with Crippen molar-refractivity contribution in [2.75, 3.05) is 11.9 Å². The first-order valence-electron chi connectivity index (χ1n) is 9.61. The van der Waals surface area contributed by atoms with Crippen molar-refractivity contribution in [3.05, 3.63) is 70.5 Å². The largest absolute Gasteiger partial charge is 0.478 e. The van der Waals surface area contributed by atoms with Gasteiger partial charge in [-0.2, -0.15) is 0 Å². The number of carboxylic acid groups (broad SMARTS) is 1. The van der Waals surface area contributed by atoms with E-state index in [4.69, 9.17) is 14.0 Å². The number of hydrogen-bond acceptors (Lipinski definition) is 6. The number of fused-ring (bicyclic) bond motifs is 1. The first kappa shape index (κ1) is 20.2. The Morgan fingerprint density at radius 1 is 1.23 bits per heavy atom. The van der Waals surface area contributed by atoms with Crippen molar-refractivity contribution < 1.29 is 28.4 Å². The molecule has 0 spiro atoms. The first-order valence-corrected chi connectivity index (χ1v) is 9.61. The quantitative estimate of drug-likeness (QED) is 0.572. The summed E-state index contributed by atoms with van der Waals surface area (Å²) in [6.45, 7) is 2.54. The highest BCUT2D eigenvalue weighted by molar-refractivity contribution is 5.95. The van der Waals surface area contributed by atoms with Gasteiger partial charge >= 0.3 is 12.0 Å². The third-order valence-electron chi connectivity index (χ3n) is 4.91. The van der Waals surface area contributed by atoms with Gasteiger partial charge in [-0.15, -0.1) is 0 Å². The van der Waals surface area contributed by atoms with Crippen LogP contribution in [0, 0.1) is 6.92 Å². The molecule has 1 aliphatic rings. The Morgan fingerprint density at radius 3 is 2.81 bits per heavy atom. The van der Waals surface area contributed by atoms with Gasteiger partial charge in [0.15, 0.2) is 5.69 Å². The number of rotatable bonds is 5. The maximum Gasteiger partial charge on any atom is 0.335 e. The molecule has 0 bridgehead atoms. The van der Waals surface area contributed by atoms with E-state index < -0.39 is 17.9 Å². The van der Waals surface area contributed by atoms with E-state index in [0.29, 0.717) is 35.7 Å². The molecule has 0 aliphatic carbocycles. The molecule has 160 valence electrons. The fraction of sp³-hybridized carbons (Fsp3) is 0.238. The third kappa shape index (κ3) is 4.42. The van der Waals surface area contributed by atoms with Crippen LogP contribution in [0.4, 0.5) is 10.5 Å². The van der Waals surface area contributed by atoms with E-state index in [1.165, 1.54) is 17.0 Å². The number of aryl methyl sites for hydroxylation is 1. The number of furan rings is 1. The number of carbonyl (C=O) groups is 3. The van der Waals surface area contributed by atoms with Crippen LogP contribution in [0.1, 0.15) is 43.7 Å². The van der Waals surface area contributed by atoms with Gasteiger partial charge in [0.2, 0.25) is 0 Å². The third-order valence-corrected chi connectivity index (χ3v) is 4.91. The Bertz CT molecular complexity index is 1150. The Morgan fingerprint density at radius 2 is 2.06 bits per heavy atom. The topological polar surface area (TPSA) is 138 Å². The standard InChI is InChI=1S/C21H20N4O6/c1-12-5-6-15(30-12)10-22-19(26)18-16-11-25(8-7-17(16)31-24-18)21(29)23-14-4-2-3-13(9-14)20(27)28/h2-6,9H,7-8,10-11H2,1H3,(H,22,26)(H,23,29)(H,27,28). The minimum atomic E-state index is -1.08. The van der Waals surface area contributed by atoms with Crippen LogP contribution < -0.4 is 10.6 Å². The normalized spacial score (nSPS) is 12.9. The molecule has 0 saturated carbocycles. The summed E-state index contributed by atoms with van der Waals surface area (Å²) in [7, 11) is 0. The lowest BCUT2D eigenvalue weighted by atomic mass is 10.1. The van der Waals surface area contributed by atoms with Crippen LogP contribution >= 0.6 is 0 Å². The number of anilines is 1. The zero-order chi connectivity index (χ0) is 22.0. The maximum absolute atomic E-state index is 12.7. The average molecular weight is 424 g/mol. The molecule has 0 saturated heterocycles. The second kappa shape index (κ2) is 8.34. The molecule has 2 aromatic heterocycles. The highest BCUT2D eigenvalue weighted by Gasteiger charge is 2.29. The molecule has 0 unspecified atom stereocenters. The van der Waals surface area contributed by atoms with Gasteiger partial charge in [-0.25, -0.2) is 9.59 Å².